The zero-order valence-corrected chi connectivity index (χ0v) is 8.66. The van der Waals surface area contributed by atoms with Crippen molar-refractivity contribution >= 4 is 5.97 Å². The van der Waals surface area contributed by atoms with Crippen LogP contribution >= 0.6 is 0 Å². The number of esters is 1. The van der Waals surface area contributed by atoms with Crippen molar-refractivity contribution in [3.63, 3.8) is 0 Å². The third-order valence-corrected chi connectivity index (χ3v) is 1.98. The smallest absolute Gasteiger partial charge is 0.305 e. The minimum Gasteiger partial charge on any atom is -0.469 e. The van der Waals surface area contributed by atoms with Gasteiger partial charge in [-0.25, -0.2) is 0 Å². The molecule has 78 valence electrons. The molecule has 14 heavy (non-hydrogen) atoms. The molecule has 0 bridgehead atoms. The van der Waals surface area contributed by atoms with Crippen LogP contribution in [0.2, 0.25) is 0 Å². The fourth-order valence-electron chi connectivity index (χ4n) is 1.15. The molecule has 0 aliphatic heterocycles. The Morgan fingerprint density at radius 1 is 1.64 bits per heavy atom. The topological polar surface area (TPSA) is 39.4 Å². The third-order valence-electron chi connectivity index (χ3n) is 1.98. The molecule has 0 fully saturated rings. The van der Waals surface area contributed by atoms with Gasteiger partial charge in [0.25, 0.3) is 0 Å². The van der Waals surface area contributed by atoms with Gasteiger partial charge < -0.3 is 9.15 Å². The van der Waals surface area contributed by atoms with E-state index in [9.17, 15) is 4.79 Å². The Morgan fingerprint density at radius 2 is 2.43 bits per heavy atom. The molecule has 0 unspecified atom stereocenters. The minimum atomic E-state index is -0.133. The normalized spacial score (nSPS) is 12.4. The minimum absolute atomic E-state index is 0.130. The molecule has 0 amide bonds. The standard InChI is InChI=1S/C11H16O3/c1-3-5-11(12)14-8-9(2)10-6-4-7-13-10/h4,6-7,9H,3,5,8H2,1-2H3/t9-/m1/s1. The van der Waals surface area contributed by atoms with Crippen molar-refractivity contribution in [1.29, 1.82) is 0 Å². The lowest BCUT2D eigenvalue weighted by Crippen LogP contribution is -2.09. The lowest BCUT2D eigenvalue weighted by atomic mass is 10.1. The number of carbonyl (C=O) groups is 1. The summed E-state index contributed by atoms with van der Waals surface area (Å²) in [6, 6.07) is 3.72. The first kappa shape index (κ1) is 10.8. The Balaban J connectivity index is 2.28. The highest BCUT2D eigenvalue weighted by molar-refractivity contribution is 5.69. The van der Waals surface area contributed by atoms with E-state index in [4.69, 9.17) is 9.15 Å². The molecule has 0 N–H and O–H groups in total. The lowest BCUT2D eigenvalue weighted by Gasteiger charge is -2.08. The summed E-state index contributed by atoms with van der Waals surface area (Å²) in [5, 5.41) is 0. The molecule has 1 heterocycles. The largest absolute Gasteiger partial charge is 0.469 e. The van der Waals surface area contributed by atoms with Crippen LogP contribution in [0.1, 0.15) is 38.4 Å². The van der Waals surface area contributed by atoms with Gasteiger partial charge in [-0.1, -0.05) is 13.8 Å². The molecule has 0 radical (unpaired) electrons. The van der Waals surface area contributed by atoms with Crippen molar-refractivity contribution in [1.82, 2.24) is 0 Å². The summed E-state index contributed by atoms with van der Waals surface area (Å²) >= 11 is 0. The van der Waals surface area contributed by atoms with Crippen molar-refractivity contribution in [2.45, 2.75) is 32.6 Å². The monoisotopic (exact) mass is 196 g/mol. The van der Waals surface area contributed by atoms with Gasteiger partial charge in [-0.2, -0.15) is 0 Å². The van der Waals surface area contributed by atoms with Gasteiger partial charge in [-0.3, -0.25) is 4.79 Å². The van der Waals surface area contributed by atoms with Crippen LogP contribution in [0.15, 0.2) is 22.8 Å². The number of furan rings is 1. The second-order valence-corrected chi connectivity index (χ2v) is 3.35. The van der Waals surface area contributed by atoms with E-state index in [1.54, 1.807) is 6.26 Å². The van der Waals surface area contributed by atoms with Gasteiger partial charge in [0.05, 0.1) is 6.26 Å². The number of carbonyl (C=O) groups excluding carboxylic acids is 1. The second kappa shape index (κ2) is 5.47. The average molecular weight is 196 g/mol. The molecule has 0 spiro atoms. The molecule has 0 aliphatic rings. The van der Waals surface area contributed by atoms with Gasteiger partial charge in [0.15, 0.2) is 0 Å². The van der Waals surface area contributed by atoms with Crippen LogP contribution in [0, 0.1) is 0 Å². The van der Waals surface area contributed by atoms with Crippen LogP contribution in [0.3, 0.4) is 0 Å². The summed E-state index contributed by atoms with van der Waals surface area (Å²) in [7, 11) is 0. The van der Waals surface area contributed by atoms with E-state index in [2.05, 4.69) is 0 Å². The van der Waals surface area contributed by atoms with Gasteiger partial charge in [-0.05, 0) is 18.6 Å². The Morgan fingerprint density at radius 3 is 3.00 bits per heavy atom. The molecule has 1 aromatic rings. The van der Waals surface area contributed by atoms with Crippen molar-refractivity contribution in [2.75, 3.05) is 6.61 Å². The van der Waals surface area contributed by atoms with Gasteiger partial charge in [0, 0.05) is 12.3 Å². The zero-order chi connectivity index (χ0) is 10.4. The van der Waals surface area contributed by atoms with Crippen molar-refractivity contribution in [3.8, 4) is 0 Å². The predicted octanol–water partition coefficient (Wildman–Crippen LogP) is 2.73. The number of ether oxygens (including phenoxy) is 1. The first-order chi connectivity index (χ1) is 6.74. The van der Waals surface area contributed by atoms with Crippen molar-refractivity contribution in [2.24, 2.45) is 0 Å². The number of rotatable bonds is 5. The fraction of sp³-hybridized carbons (Fsp3) is 0.545. The van der Waals surface area contributed by atoms with E-state index < -0.39 is 0 Å². The quantitative estimate of drug-likeness (QED) is 0.680. The van der Waals surface area contributed by atoms with E-state index in [-0.39, 0.29) is 11.9 Å². The molecule has 3 nitrogen and oxygen atoms in total. The van der Waals surface area contributed by atoms with Gasteiger partial charge >= 0.3 is 5.97 Å². The van der Waals surface area contributed by atoms with E-state index in [0.717, 1.165) is 12.2 Å². The SMILES string of the molecule is CCCC(=O)OC[C@@H](C)c1ccco1. The van der Waals surface area contributed by atoms with Crippen LogP contribution in [-0.2, 0) is 9.53 Å². The maximum absolute atomic E-state index is 11.1. The second-order valence-electron chi connectivity index (χ2n) is 3.35. The highest BCUT2D eigenvalue weighted by Crippen LogP contribution is 2.15. The molecule has 1 rings (SSSR count). The zero-order valence-electron chi connectivity index (χ0n) is 8.66. The van der Waals surface area contributed by atoms with Crippen molar-refractivity contribution < 1.29 is 13.9 Å². The van der Waals surface area contributed by atoms with Crippen molar-refractivity contribution in [3.05, 3.63) is 24.2 Å². The molecule has 3 heteroatoms. The van der Waals surface area contributed by atoms with E-state index >= 15 is 0 Å². The molecular weight excluding hydrogens is 180 g/mol. The Kier molecular flexibility index (Phi) is 4.23. The van der Waals surface area contributed by atoms with Crippen LogP contribution in [0.5, 0.6) is 0 Å². The van der Waals surface area contributed by atoms with E-state index in [0.29, 0.717) is 13.0 Å². The van der Waals surface area contributed by atoms with Gasteiger partial charge in [0.1, 0.15) is 12.4 Å². The molecule has 0 aromatic carbocycles. The Hall–Kier alpha value is -1.25. The molecular formula is C11H16O3. The summed E-state index contributed by atoms with van der Waals surface area (Å²) < 4.78 is 10.3. The van der Waals surface area contributed by atoms with E-state index in [1.165, 1.54) is 0 Å². The third kappa shape index (κ3) is 3.24. The predicted molar refractivity (Wildman–Crippen MR) is 53.0 cm³/mol. The average Bonchev–Trinajstić information content (AvgIpc) is 2.67. The van der Waals surface area contributed by atoms with Crippen LogP contribution in [0.25, 0.3) is 0 Å². The molecule has 1 aromatic heterocycles. The summed E-state index contributed by atoms with van der Waals surface area (Å²) in [6.45, 7) is 4.32. The number of hydrogen-bond acceptors (Lipinski definition) is 3. The highest BCUT2D eigenvalue weighted by Gasteiger charge is 2.10. The van der Waals surface area contributed by atoms with Crippen LogP contribution in [-0.4, -0.2) is 12.6 Å². The molecule has 1 atom stereocenters. The molecule has 0 aliphatic carbocycles. The Labute approximate surface area is 84.1 Å². The first-order valence-corrected chi connectivity index (χ1v) is 4.93. The maximum atomic E-state index is 11.1. The fourth-order valence-corrected chi connectivity index (χ4v) is 1.15. The Bertz CT molecular complexity index is 264. The van der Waals surface area contributed by atoms with Gasteiger partial charge in [0.2, 0.25) is 0 Å². The number of hydrogen-bond donors (Lipinski definition) is 0. The lowest BCUT2D eigenvalue weighted by molar-refractivity contribution is -0.144. The molecule has 0 saturated heterocycles. The summed E-state index contributed by atoms with van der Waals surface area (Å²) in [4.78, 5) is 11.1. The summed E-state index contributed by atoms with van der Waals surface area (Å²) in [5.74, 6) is 0.853. The van der Waals surface area contributed by atoms with Crippen LogP contribution in [0.4, 0.5) is 0 Å². The van der Waals surface area contributed by atoms with E-state index in [1.807, 2.05) is 26.0 Å². The van der Waals surface area contributed by atoms with Crippen LogP contribution < -0.4 is 0 Å². The summed E-state index contributed by atoms with van der Waals surface area (Å²) in [5.41, 5.74) is 0. The highest BCUT2D eigenvalue weighted by atomic mass is 16.5. The maximum Gasteiger partial charge on any atom is 0.305 e. The summed E-state index contributed by atoms with van der Waals surface area (Å²) in [6.07, 6.45) is 2.94. The van der Waals surface area contributed by atoms with Gasteiger partial charge in [-0.15, -0.1) is 0 Å². The first-order valence-electron chi connectivity index (χ1n) is 4.93. The molecule has 0 saturated carbocycles.